The lowest BCUT2D eigenvalue weighted by Crippen LogP contribution is -2.03. The van der Waals surface area contributed by atoms with Gasteiger partial charge in [-0.25, -0.2) is 4.98 Å². The van der Waals surface area contributed by atoms with Crippen molar-refractivity contribution in [1.82, 2.24) is 4.98 Å². The van der Waals surface area contributed by atoms with Gasteiger partial charge in [-0.3, -0.25) is 0 Å². The molecule has 2 aromatic carbocycles. The number of nitrogens with two attached hydrogens (primary N) is 1. The number of nitriles is 2. The largest absolute Gasteiger partial charge is 0.494 e. The molecule has 0 aliphatic carbocycles. The van der Waals surface area contributed by atoms with E-state index in [2.05, 4.69) is 24.0 Å². The first-order valence-electron chi connectivity index (χ1n) is 9.81. The number of aromatic nitrogens is 1. The van der Waals surface area contributed by atoms with Crippen LogP contribution in [0.15, 0.2) is 53.6 Å². The number of anilines is 1. The molecule has 0 amide bonds. The fraction of sp³-hybridized carbons (Fsp3) is 0.208. The van der Waals surface area contributed by atoms with Crippen molar-refractivity contribution in [2.24, 2.45) is 0 Å². The van der Waals surface area contributed by atoms with E-state index in [0.29, 0.717) is 33.5 Å². The van der Waals surface area contributed by atoms with Crippen LogP contribution in [0.1, 0.15) is 36.5 Å². The number of hydrogen-bond acceptors (Lipinski definition) is 6. The van der Waals surface area contributed by atoms with Crippen molar-refractivity contribution in [2.75, 3.05) is 12.3 Å². The fourth-order valence-electron chi connectivity index (χ4n) is 2.98. The summed E-state index contributed by atoms with van der Waals surface area (Å²) in [6.07, 6.45) is 2.04. The molecule has 2 N–H and O–H groups in total. The van der Waals surface area contributed by atoms with Crippen molar-refractivity contribution >= 4 is 29.2 Å². The third kappa shape index (κ3) is 5.49. The molecule has 0 aliphatic heterocycles. The minimum atomic E-state index is 0.110. The number of hydrogen-bond donors (Lipinski definition) is 1. The highest BCUT2D eigenvalue weighted by Gasteiger charge is 2.20. The quantitative estimate of drug-likeness (QED) is 0.325. The number of nitrogen functional groups attached to an aromatic ring is 1. The van der Waals surface area contributed by atoms with Gasteiger partial charge in [-0.15, -0.1) is 11.8 Å². The van der Waals surface area contributed by atoms with E-state index < -0.39 is 0 Å². The predicted molar refractivity (Wildman–Crippen MR) is 125 cm³/mol. The zero-order valence-corrected chi connectivity index (χ0v) is 18.6. The molecule has 3 rings (SSSR count). The molecule has 7 heteroatoms. The van der Waals surface area contributed by atoms with E-state index in [1.807, 2.05) is 48.5 Å². The Hall–Kier alpha value is -3.19. The highest BCUT2D eigenvalue weighted by molar-refractivity contribution is 7.98. The van der Waals surface area contributed by atoms with Crippen LogP contribution in [0, 0.1) is 22.7 Å². The second-order valence-corrected chi connectivity index (χ2v) is 8.19. The highest BCUT2D eigenvalue weighted by atomic mass is 35.5. The highest BCUT2D eigenvalue weighted by Crippen LogP contribution is 2.37. The first-order valence-corrected chi connectivity index (χ1v) is 11.2. The molecule has 0 bridgehead atoms. The maximum absolute atomic E-state index is 9.91. The molecular weight excluding hydrogens is 428 g/mol. The lowest BCUT2D eigenvalue weighted by molar-refractivity contribution is 0.309. The molecule has 5 nitrogen and oxygen atoms in total. The number of pyridine rings is 1. The summed E-state index contributed by atoms with van der Waals surface area (Å²) in [4.78, 5) is 4.35. The number of halogens is 1. The van der Waals surface area contributed by atoms with Gasteiger partial charge in [-0.05, 0) is 41.8 Å². The van der Waals surface area contributed by atoms with Crippen LogP contribution in [0.4, 0.5) is 5.82 Å². The van der Waals surface area contributed by atoms with E-state index in [9.17, 15) is 10.5 Å². The van der Waals surface area contributed by atoms with Crippen molar-refractivity contribution in [3.63, 3.8) is 0 Å². The second kappa shape index (κ2) is 10.7. The van der Waals surface area contributed by atoms with Crippen LogP contribution in [-0.4, -0.2) is 11.6 Å². The summed E-state index contributed by atoms with van der Waals surface area (Å²) in [5.74, 6) is 1.44. The van der Waals surface area contributed by atoms with Crippen molar-refractivity contribution in [3.8, 4) is 29.0 Å². The SMILES string of the molecule is CCCCOc1ccc(-c2c(C#N)c(N)nc(SCc3ccc(Cl)cc3)c2C#N)cc1. The average Bonchev–Trinajstić information content (AvgIpc) is 2.79. The lowest BCUT2D eigenvalue weighted by atomic mass is 9.97. The number of benzene rings is 2. The van der Waals surface area contributed by atoms with Crippen LogP contribution in [0.2, 0.25) is 5.02 Å². The maximum atomic E-state index is 9.91. The Labute approximate surface area is 191 Å². The van der Waals surface area contributed by atoms with Gasteiger partial charge in [0, 0.05) is 16.3 Å². The lowest BCUT2D eigenvalue weighted by Gasteiger charge is -2.14. The van der Waals surface area contributed by atoms with Crippen LogP contribution in [0.3, 0.4) is 0 Å². The molecule has 1 heterocycles. The first kappa shape index (κ1) is 22.5. The Balaban J connectivity index is 1.96. The second-order valence-electron chi connectivity index (χ2n) is 6.79. The van der Waals surface area contributed by atoms with E-state index in [1.165, 1.54) is 11.8 Å². The zero-order valence-electron chi connectivity index (χ0n) is 17.1. The summed E-state index contributed by atoms with van der Waals surface area (Å²) in [5, 5.41) is 20.7. The molecule has 0 atom stereocenters. The Bertz CT molecular complexity index is 1130. The minimum Gasteiger partial charge on any atom is -0.494 e. The molecule has 156 valence electrons. The zero-order chi connectivity index (χ0) is 22.2. The van der Waals surface area contributed by atoms with Gasteiger partial charge in [0.2, 0.25) is 0 Å². The van der Waals surface area contributed by atoms with E-state index >= 15 is 0 Å². The Morgan fingerprint density at radius 1 is 1.03 bits per heavy atom. The summed E-state index contributed by atoms with van der Waals surface area (Å²) in [5.41, 5.74) is 8.89. The van der Waals surface area contributed by atoms with Crippen LogP contribution in [0.25, 0.3) is 11.1 Å². The molecule has 0 spiro atoms. The molecule has 0 saturated heterocycles. The average molecular weight is 449 g/mol. The maximum Gasteiger partial charge on any atom is 0.143 e. The molecule has 3 aromatic rings. The van der Waals surface area contributed by atoms with Gasteiger partial charge < -0.3 is 10.5 Å². The monoisotopic (exact) mass is 448 g/mol. The van der Waals surface area contributed by atoms with Gasteiger partial charge in [0.15, 0.2) is 0 Å². The summed E-state index contributed by atoms with van der Waals surface area (Å²) in [6.45, 7) is 2.76. The van der Waals surface area contributed by atoms with Gasteiger partial charge in [0.25, 0.3) is 0 Å². The van der Waals surface area contributed by atoms with E-state index in [-0.39, 0.29) is 11.4 Å². The number of ether oxygens (including phenoxy) is 1. The van der Waals surface area contributed by atoms with E-state index in [1.54, 1.807) is 0 Å². The number of thioether (sulfide) groups is 1. The Morgan fingerprint density at radius 2 is 1.71 bits per heavy atom. The molecule has 0 fully saturated rings. The van der Waals surface area contributed by atoms with E-state index in [0.717, 1.165) is 29.7 Å². The third-order valence-electron chi connectivity index (χ3n) is 4.61. The van der Waals surface area contributed by atoms with Gasteiger partial charge in [0.1, 0.15) is 34.3 Å². The Kier molecular flexibility index (Phi) is 7.78. The molecular formula is C24H21ClN4OS. The normalized spacial score (nSPS) is 10.3. The Morgan fingerprint density at radius 3 is 2.32 bits per heavy atom. The predicted octanol–water partition coefficient (Wildman–Crippen LogP) is 6.20. The summed E-state index contributed by atoms with van der Waals surface area (Å²) in [6, 6.07) is 19.2. The number of nitrogens with zero attached hydrogens (tertiary/aromatic N) is 3. The molecule has 0 radical (unpaired) electrons. The minimum absolute atomic E-state index is 0.110. The van der Waals surface area contributed by atoms with Crippen molar-refractivity contribution in [2.45, 2.75) is 30.5 Å². The van der Waals surface area contributed by atoms with Gasteiger partial charge in [0.05, 0.1) is 12.2 Å². The van der Waals surface area contributed by atoms with Gasteiger partial charge in [-0.1, -0.05) is 49.2 Å². The van der Waals surface area contributed by atoms with Crippen LogP contribution >= 0.6 is 23.4 Å². The molecule has 0 aliphatic rings. The first-order chi connectivity index (χ1) is 15.1. The standard InChI is InChI=1S/C24H21ClN4OS/c1-2-3-12-30-19-10-6-17(7-11-19)22-20(13-26)23(28)29-24(21(22)14-27)31-15-16-4-8-18(25)9-5-16/h4-11H,2-3,12,15H2,1H3,(H2,28,29). The summed E-state index contributed by atoms with van der Waals surface area (Å²) < 4.78 is 5.71. The van der Waals surface area contributed by atoms with Crippen LogP contribution in [0.5, 0.6) is 5.75 Å². The van der Waals surface area contributed by atoms with Crippen molar-refractivity contribution < 1.29 is 4.74 Å². The third-order valence-corrected chi connectivity index (χ3v) is 5.91. The van der Waals surface area contributed by atoms with Gasteiger partial charge >= 0.3 is 0 Å². The molecule has 0 saturated carbocycles. The molecule has 0 unspecified atom stereocenters. The summed E-state index contributed by atoms with van der Waals surface area (Å²) >= 11 is 7.35. The number of rotatable bonds is 8. The van der Waals surface area contributed by atoms with Crippen molar-refractivity contribution in [3.05, 3.63) is 70.2 Å². The fourth-order valence-corrected chi connectivity index (χ4v) is 4.05. The van der Waals surface area contributed by atoms with Crippen LogP contribution in [-0.2, 0) is 5.75 Å². The molecule has 31 heavy (non-hydrogen) atoms. The van der Waals surface area contributed by atoms with E-state index in [4.69, 9.17) is 22.1 Å². The number of unbranched alkanes of at least 4 members (excludes halogenated alkanes) is 1. The summed E-state index contributed by atoms with van der Waals surface area (Å²) in [7, 11) is 0. The van der Waals surface area contributed by atoms with Crippen LogP contribution < -0.4 is 10.5 Å². The van der Waals surface area contributed by atoms with Gasteiger partial charge in [-0.2, -0.15) is 10.5 Å². The smallest absolute Gasteiger partial charge is 0.143 e. The topological polar surface area (TPSA) is 95.7 Å². The molecule has 1 aromatic heterocycles. The van der Waals surface area contributed by atoms with Crippen molar-refractivity contribution in [1.29, 1.82) is 10.5 Å².